The second kappa shape index (κ2) is 7.98. The zero-order chi connectivity index (χ0) is 21.4. The molecule has 162 valence electrons. The third-order valence-electron chi connectivity index (χ3n) is 6.06. The highest BCUT2D eigenvalue weighted by Crippen LogP contribution is 2.30. The molecule has 1 aliphatic carbocycles. The Morgan fingerprint density at radius 3 is 2.23 bits per heavy atom. The summed E-state index contributed by atoms with van der Waals surface area (Å²) in [5, 5.41) is 10.2. The Bertz CT molecular complexity index is 974. The first-order valence-corrected chi connectivity index (χ1v) is 10.8. The Balaban J connectivity index is 1.20. The molecule has 0 aromatic heterocycles. The normalized spacial score (nSPS) is 20.2. The molecule has 1 saturated carbocycles. The van der Waals surface area contributed by atoms with E-state index in [1.807, 2.05) is 48.5 Å². The number of benzene rings is 2. The molecule has 0 bridgehead atoms. The van der Waals surface area contributed by atoms with Gasteiger partial charge in [0.05, 0.1) is 19.3 Å². The third-order valence-corrected chi connectivity index (χ3v) is 6.06. The van der Waals surface area contributed by atoms with Gasteiger partial charge in [-0.25, -0.2) is 0 Å². The van der Waals surface area contributed by atoms with Crippen LogP contribution < -0.4 is 4.74 Å². The van der Waals surface area contributed by atoms with E-state index in [1.54, 1.807) is 9.80 Å². The molecule has 7 heteroatoms. The molecule has 2 heterocycles. The van der Waals surface area contributed by atoms with Crippen molar-refractivity contribution in [3.63, 3.8) is 0 Å². The van der Waals surface area contributed by atoms with Crippen molar-refractivity contribution in [1.29, 1.82) is 0 Å². The van der Waals surface area contributed by atoms with Crippen LogP contribution in [0, 0.1) is 0 Å². The van der Waals surface area contributed by atoms with Gasteiger partial charge in [-0.15, -0.1) is 0 Å². The van der Waals surface area contributed by atoms with Crippen LogP contribution in [0.3, 0.4) is 0 Å². The summed E-state index contributed by atoms with van der Waals surface area (Å²) in [6.45, 7) is 1.82. The number of hydrogen-bond acceptors (Lipinski definition) is 5. The molecule has 2 aromatic rings. The van der Waals surface area contributed by atoms with Gasteiger partial charge in [0.1, 0.15) is 5.75 Å². The van der Waals surface area contributed by atoms with Crippen LogP contribution in [0.15, 0.2) is 48.5 Å². The summed E-state index contributed by atoms with van der Waals surface area (Å²) in [5.41, 5.74) is 1.33. The second-order valence-electron chi connectivity index (χ2n) is 8.53. The van der Waals surface area contributed by atoms with Crippen LogP contribution in [0.4, 0.5) is 0 Å². The van der Waals surface area contributed by atoms with Crippen molar-refractivity contribution < 1.29 is 24.2 Å². The number of amides is 2. The lowest BCUT2D eigenvalue weighted by Crippen LogP contribution is -2.64. The van der Waals surface area contributed by atoms with Gasteiger partial charge in [0.25, 0.3) is 11.8 Å². The molecule has 2 aliphatic heterocycles. The number of carbonyl (C=O) groups excluding carboxylic acids is 2. The maximum absolute atomic E-state index is 12.9. The van der Waals surface area contributed by atoms with Crippen LogP contribution >= 0.6 is 0 Å². The van der Waals surface area contributed by atoms with Crippen molar-refractivity contribution in [3.05, 3.63) is 54.1 Å². The number of carbonyl (C=O) groups is 2. The second-order valence-corrected chi connectivity index (χ2v) is 8.53. The van der Waals surface area contributed by atoms with Gasteiger partial charge in [0.2, 0.25) is 0 Å². The number of rotatable bonds is 5. The Morgan fingerprint density at radius 1 is 0.935 bits per heavy atom. The largest absolute Gasteiger partial charge is 0.490 e. The molecule has 7 nitrogen and oxygen atoms in total. The van der Waals surface area contributed by atoms with Gasteiger partial charge < -0.3 is 24.4 Å². The van der Waals surface area contributed by atoms with Crippen LogP contribution in [-0.2, 0) is 9.53 Å². The molecule has 3 aliphatic rings. The van der Waals surface area contributed by atoms with Crippen molar-refractivity contribution in [2.24, 2.45) is 0 Å². The molecule has 2 amide bonds. The first-order valence-electron chi connectivity index (χ1n) is 10.8. The van der Waals surface area contributed by atoms with Crippen molar-refractivity contribution in [3.8, 4) is 16.9 Å². The SMILES string of the molecule is O=C(c1ccc(-c2cccc(OC3CC3)c2)cc1)N1CCN(C(=O)C2(O)COC2)CC1. The minimum atomic E-state index is -1.39. The van der Waals surface area contributed by atoms with Crippen LogP contribution in [0.1, 0.15) is 23.2 Å². The Morgan fingerprint density at radius 2 is 1.61 bits per heavy atom. The highest BCUT2D eigenvalue weighted by Gasteiger charge is 2.46. The number of aliphatic hydroxyl groups is 1. The summed E-state index contributed by atoms with van der Waals surface area (Å²) in [5.74, 6) is 0.531. The number of hydrogen-bond donors (Lipinski definition) is 1. The average molecular weight is 422 g/mol. The lowest BCUT2D eigenvalue weighted by molar-refractivity contribution is -0.201. The van der Waals surface area contributed by atoms with E-state index >= 15 is 0 Å². The van der Waals surface area contributed by atoms with Crippen molar-refractivity contribution in [2.45, 2.75) is 24.5 Å². The van der Waals surface area contributed by atoms with Crippen LogP contribution in [0.5, 0.6) is 5.75 Å². The molecule has 3 fully saturated rings. The smallest absolute Gasteiger partial charge is 0.259 e. The molecular weight excluding hydrogens is 396 g/mol. The number of nitrogens with zero attached hydrogens (tertiary/aromatic N) is 2. The number of piperazine rings is 1. The summed E-state index contributed by atoms with van der Waals surface area (Å²) >= 11 is 0. The fraction of sp³-hybridized carbons (Fsp3) is 0.417. The van der Waals surface area contributed by atoms with E-state index in [0.29, 0.717) is 37.8 Å². The van der Waals surface area contributed by atoms with Gasteiger partial charge in [-0.2, -0.15) is 0 Å². The molecule has 2 saturated heterocycles. The van der Waals surface area contributed by atoms with Crippen molar-refractivity contribution in [1.82, 2.24) is 9.80 Å². The Hall–Kier alpha value is -2.90. The summed E-state index contributed by atoms with van der Waals surface area (Å²) in [7, 11) is 0. The van der Waals surface area contributed by atoms with E-state index in [1.165, 1.54) is 0 Å². The maximum Gasteiger partial charge on any atom is 0.259 e. The summed E-state index contributed by atoms with van der Waals surface area (Å²) in [6, 6.07) is 15.6. The van der Waals surface area contributed by atoms with Crippen LogP contribution in [0.25, 0.3) is 11.1 Å². The topological polar surface area (TPSA) is 79.3 Å². The highest BCUT2D eigenvalue weighted by atomic mass is 16.5. The van der Waals surface area contributed by atoms with E-state index in [2.05, 4.69) is 0 Å². The quantitative estimate of drug-likeness (QED) is 0.797. The van der Waals surface area contributed by atoms with Crippen LogP contribution in [-0.4, -0.2) is 77.8 Å². The molecule has 0 spiro atoms. The molecule has 31 heavy (non-hydrogen) atoms. The fourth-order valence-corrected chi connectivity index (χ4v) is 3.94. The monoisotopic (exact) mass is 422 g/mol. The predicted molar refractivity (Wildman–Crippen MR) is 114 cm³/mol. The minimum Gasteiger partial charge on any atom is -0.490 e. The van der Waals surface area contributed by atoms with E-state index in [-0.39, 0.29) is 25.0 Å². The lowest BCUT2D eigenvalue weighted by atomic mass is 10.00. The highest BCUT2D eigenvalue weighted by molar-refractivity contribution is 5.95. The lowest BCUT2D eigenvalue weighted by Gasteiger charge is -2.42. The van der Waals surface area contributed by atoms with Crippen LogP contribution in [0.2, 0.25) is 0 Å². The zero-order valence-corrected chi connectivity index (χ0v) is 17.3. The van der Waals surface area contributed by atoms with Gasteiger partial charge in [-0.1, -0.05) is 24.3 Å². The molecule has 0 radical (unpaired) electrons. The zero-order valence-electron chi connectivity index (χ0n) is 17.3. The van der Waals surface area contributed by atoms with Gasteiger partial charge in [-0.3, -0.25) is 9.59 Å². The first-order chi connectivity index (χ1) is 15.0. The van der Waals surface area contributed by atoms with Crippen molar-refractivity contribution >= 4 is 11.8 Å². The Labute approximate surface area is 181 Å². The van der Waals surface area contributed by atoms with Gasteiger partial charge in [-0.05, 0) is 48.2 Å². The minimum absolute atomic E-state index is 0.0462. The standard InChI is InChI=1S/C24H26N2O5/c27-22(25-10-12-26(13-11-25)23(28)24(29)15-30-16-24)18-6-4-17(5-7-18)19-2-1-3-21(14-19)31-20-8-9-20/h1-7,14,20,29H,8-13,15-16H2. The predicted octanol–water partition coefficient (Wildman–Crippen LogP) is 1.94. The van der Waals surface area contributed by atoms with E-state index in [9.17, 15) is 14.7 Å². The Kier molecular flexibility index (Phi) is 5.16. The first kappa shape index (κ1) is 20.0. The fourth-order valence-electron chi connectivity index (χ4n) is 3.94. The maximum atomic E-state index is 12.9. The summed E-state index contributed by atoms with van der Waals surface area (Å²) < 4.78 is 10.8. The molecule has 0 atom stereocenters. The molecule has 1 N–H and O–H groups in total. The van der Waals surface area contributed by atoms with Gasteiger partial charge >= 0.3 is 0 Å². The molecule has 2 aromatic carbocycles. The number of ether oxygens (including phenoxy) is 2. The average Bonchev–Trinajstić information content (AvgIpc) is 3.61. The van der Waals surface area contributed by atoms with Gasteiger partial charge in [0, 0.05) is 31.7 Å². The molecule has 0 unspecified atom stereocenters. The van der Waals surface area contributed by atoms with E-state index < -0.39 is 5.60 Å². The molecular formula is C24H26N2O5. The summed E-state index contributed by atoms with van der Waals surface area (Å²) in [6.07, 6.45) is 2.60. The van der Waals surface area contributed by atoms with E-state index in [0.717, 1.165) is 29.7 Å². The third kappa shape index (κ3) is 4.16. The summed E-state index contributed by atoms with van der Waals surface area (Å²) in [4.78, 5) is 28.7. The van der Waals surface area contributed by atoms with E-state index in [4.69, 9.17) is 9.47 Å². The van der Waals surface area contributed by atoms with Crippen molar-refractivity contribution in [2.75, 3.05) is 39.4 Å². The molecule has 5 rings (SSSR count). The van der Waals surface area contributed by atoms with Gasteiger partial charge in [0.15, 0.2) is 5.60 Å².